The molecule has 0 aliphatic rings. The monoisotopic (exact) mass is 409 g/mol. The van der Waals surface area contributed by atoms with Crippen molar-refractivity contribution in [2.45, 2.75) is 12.1 Å². The van der Waals surface area contributed by atoms with Crippen molar-refractivity contribution in [3.05, 3.63) is 56.5 Å². The number of para-hydroxylation sites is 1. The maximum atomic E-state index is 12.8. The number of thioether (sulfide) groups is 1. The quantitative estimate of drug-likeness (QED) is 0.378. The zero-order chi connectivity index (χ0) is 14.8. The molecule has 2 aromatic heterocycles. The van der Waals surface area contributed by atoms with Gasteiger partial charge in [0.2, 0.25) is 0 Å². The predicted molar refractivity (Wildman–Crippen MR) is 94.3 cm³/mol. The Morgan fingerprint density at radius 2 is 2.05 bits per heavy atom. The lowest BCUT2D eigenvalue weighted by molar-refractivity contribution is 0.795. The first kappa shape index (κ1) is 14.5. The van der Waals surface area contributed by atoms with Gasteiger partial charge in [0.25, 0.3) is 5.56 Å². The highest BCUT2D eigenvalue weighted by molar-refractivity contribution is 14.1. The molecular formula is C15H12IN3OS. The summed E-state index contributed by atoms with van der Waals surface area (Å²) in [6.07, 6.45) is 1.75. The Hall–Kier alpha value is -1.41. The first-order chi connectivity index (χ1) is 10.2. The van der Waals surface area contributed by atoms with E-state index in [1.54, 1.807) is 16.8 Å². The topological polar surface area (TPSA) is 47.8 Å². The molecule has 0 spiro atoms. The molecular weight excluding hydrogens is 397 g/mol. The van der Waals surface area contributed by atoms with Gasteiger partial charge in [-0.2, -0.15) is 0 Å². The smallest absolute Gasteiger partial charge is 0.267 e. The third-order valence-corrected chi connectivity index (χ3v) is 4.42. The number of halogens is 1. The first-order valence-corrected chi connectivity index (χ1v) is 8.53. The van der Waals surface area contributed by atoms with Crippen LogP contribution in [0.2, 0.25) is 0 Å². The fourth-order valence-electron chi connectivity index (χ4n) is 2.04. The van der Waals surface area contributed by atoms with E-state index in [4.69, 9.17) is 0 Å². The summed E-state index contributed by atoms with van der Waals surface area (Å²) in [4.78, 5) is 21.7. The average molecular weight is 409 g/mol. The van der Waals surface area contributed by atoms with Crippen molar-refractivity contribution >= 4 is 45.3 Å². The van der Waals surface area contributed by atoms with Crippen LogP contribution in [0.15, 0.2) is 52.5 Å². The molecule has 0 aliphatic heterocycles. The zero-order valence-electron chi connectivity index (χ0n) is 11.3. The Balaban J connectivity index is 2.33. The van der Waals surface area contributed by atoms with Crippen molar-refractivity contribution in [3.8, 4) is 5.82 Å². The number of hydrogen-bond donors (Lipinski definition) is 0. The lowest BCUT2D eigenvalue weighted by Gasteiger charge is -2.11. The molecule has 0 N–H and O–H groups in total. The zero-order valence-corrected chi connectivity index (χ0v) is 14.3. The summed E-state index contributed by atoms with van der Waals surface area (Å²) in [5.41, 5.74) is 0.644. The van der Waals surface area contributed by atoms with E-state index >= 15 is 0 Å². The van der Waals surface area contributed by atoms with Gasteiger partial charge in [-0.05, 0) is 52.6 Å². The molecule has 1 aromatic carbocycles. The number of hydrogen-bond acceptors (Lipinski definition) is 4. The van der Waals surface area contributed by atoms with E-state index in [1.165, 1.54) is 11.8 Å². The van der Waals surface area contributed by atoms with E-state index < -0.39 is 0 Å². The van der Waals surface area contributed by atoms with Gasteiger partial charge in [0.1, 0.15) is 5.82 Å². The van der Waals surface area contributed by atoms with Gasteiger partial charge in [-0.25, -0.2) is 14.5 Å². The first-order valence-electron chi connectivity index (χ1n) is 6.47. The van der Waals surface area contributed by atoms with Crippen molar-refractivity contribution < 1.29 is 0 Å². The number of aromatic nitrogens is 3. The summed E-state index contributed by atoms with van der Waals surface area (Å²) in [7, 11) is 0. The van der Waals surface area contributed by atoms with E-state index in [1.807, 2.05) is 37.3 Å². The van der Waals surface area contributed by atoms with E-state index in [-0.39, 0.29) is 5.56 Å². The summed E-state index contributed by atoms with van der Waals surface area (Å²) in [5.74, 6) is 1.45. The lowest BCUT2D eigenvalue weighted by Crippen LogP contribution is -2.22. The van der Waals surface area contributed by atoms with Crippen molar-refractivity contribution in [1.82, 2.24) is 14.5 Å². The van der Waals surface area contributed by atoms with Gasteiger partial charge in [-0.3, -0.25) is 4.79 Å². The number of nitrogens with zero attached hydrogens (tertiary/aromatic N) is 3. The van der Waals surface area contributed by atoms with E-state index in [0.717, 1.165) is 14.8 Å². The molecule has 0 amide bonds. The maximum Gasteiger partial charge on any atom is 0.267 e. The molecule has 21 heavy (non-hydrogen) atoms. The van der Waals surface area contributed by atoms with Crippen LogP contribution in [0.3, 0.4) is 0 Å². The van der Waals surface area contributed by atoms with Crippen LogP contribution < -0.4 is 5.56 Å². The molecule has 0 saturated heterocycles. The van der Waals surface area contributed by atoms with Gasteiger partial charge in [0, 0.05) is 9.77 Å². The molecule has 0 unspecified atom stereocenters. The second kappa shape index (κ2) is 6.15. The molecule has 6 heteroatoms. The van der Waals surface area contributed by atoms with Crippen LogP contribution >= 0.6 is 34.4 Å². The Kier molecular flexibility index (Phi) is 4.25. The van der Waals surface area contributed by atoms with Crippen LogP contribution in [-0.2, 0) is 0 Å². The fraction of sp³-hybridized carbons (Fsp3) is 0.133. The van der Waals surface area contributed by atoms with Crippen molar-refractivity contribution in [2.24, 2.45) is 0 Å². The summed E-state index contributed by atoms with van der Waals surface area (Å²) < 4.78 is 2.62. The fourth-order valence-corrected chi connectivity index (χ4v) is 3.09. The van der Waals surface area contributed by atoms with E-state index in [9.17, 15) is 4.79 Å². The van der Waals surface area contributed by atoms with Gasteiger partial charge < -0.3 is 0 Å². The van der Waals surface area contributed by atoms with Crippen LogP contribution in [-0.4, -0.2) is 20.3 Å². The normalized spacial score (nSPS) is 11.0. The standard InChI is InChI=1S/C15H12IN3OS/c1-2-21-15-18-12-6-4-3-5-11(12)14(20)19(15)13-8-7-10(16)9-17-13/h3-9H,2H2,1H3. The summed E-state index contributed by atoms with van der Waals surface area (Å²) in [5, 5.41) is 1.29. The molecule has 2 heterocycles. The lowest BCUT2D eigenvalue weighted by atomic mass is 10.2. The van der Waals surface area contributed by atoms with Gasteiger partial charge >= 0.3 is 0 Å². The van der Waals surface area contributed by atoms with Gasteiger partial charge in [-0.1, -0.05) is 30.8 Å². The summed E-state index contributed by atoms with van der Waals surface area (Å²) in [6, 6.07) is 11.2. The molecule has 3 aromatic rings. The second-order valence-electron chi connectivity index (χ2n) is 4.32. The molecule has 0 radical (unpaired) electrons. The molecule has 0 aliphatic carbocycles. The Morgan fingerprint density at radius 3 is 2.76 bits per heavy atom. The maximum absolute atomic E-state index is 12.8. The van der Waals surface area contributed by atoms with Crippen LogP contribution in [0.25, 0.3) is 16.7 Å². The highest BCUT2D eigenvalue weighted by atomic mass is 127. The van der Waals surface area contributed by atoms with Crippen molar-refractivity contribution in [3.63, 3.8) is 0 Å². The van der Waals surface area contributed by atoms with E-state index in [2.05, 4.69) is 32.6 Å². The molecule has 3 rings (SSSR count). The van der Waals surface area contributed by atoms with Gasteiger partial charge in [-0.15, -0.1) is 0 Å². The third kappa shape index (κ3) is 2.82. The molecule has 0 bridgehead atoms. The van der Waals surface area contributed by atoms with Gasteiger partial charge in [0.05, 0.1) is 10.9 Å². The average Bonchev–Trinajstić information content (AvgIpc) is 2.49. The van der Waals surface area contributed by atoms with Crippen molar-refractivity contribution in [1.29, 1.82) is 0 Å². The van der Waals surface area contributed by atoms with Crippen LogP contribution in [0.5, 0.6) is 0 Å². The summed E-state index contributed by atoms with van der Waals surface area (Å²) >= 11 is 3.73. The molecule has 0 atom stereocenters. The largest absolute Gasteiger partial charge is 0.268 e. The molecule has 0 saturated carbocycles. The van der Waals surface area contributed by atoms with E-state index in [0.29, 0.717) is 16.4 Å². The van der Waals surface area contributed by atoms with Crippen LogP contribution in [0.1, 0.15) is 6.92 Å². The minimum absolute atomic E-state index is 0.0785. The third-order valence-electron chi connectivity index (χ3n) is 2.96. The SMILES string of the molecule is CCSc1nc2ccccc2c(=O)n1-c1ccc(I)cn1. The summed E-state index contributed by atoms with van der Waals surface area (Å²) in [6.45, 7) is 2.04. The molecule has 0 fully saturated rings. The molecule has 106 valence electrons. The number of fused-ring (bicyclic) bond motifs is 1. The minimum Gasteiger partial charge on any atom is -0.268 e. The minimum atomic E-state index is -0.0785. The number of benzene rings is 1. The predicted octanol–water partition coefficient (Wildman–Crippen LogP) is 3.50. The Labute approximate surface area is 139 Å². The van der Waals surface area contributed by atoms with Crippen LogP contribution in [0, 0.1) is 3.57 Å². The highest BCUT2D eigenvalue weighted by Gasteiger charge is 2.13. The Morgan fingerprint density at radius 1 is 1.24 bits per heavy atom. The van der Waals surface area contributed by atoms with Crippen LogP contribution in [0.4, 0.5) is 0 Å². The second-order valence-corrected chi connectivity index (χ2v) is 6.80. The van der Waals surface area contributed by atoms with Crippen molar-refractivity contribution in [2.75, 3.05) is 5.75 Å². The molecule has 4 nitrogen and oxygen atoms in total. The highest BCUT2D eigenvalue weighted by Crippen LogP contribution is 2.20. The Bertz CT molecular complexity index is 846. The van der Waals surface area contributed by atoms with Gasteiger partial charge in [0.15, 0.2) is 5.16 Å². The number of rotatable bonds is 3. The number of pyridine rings is 1.